The van der Waals surface area contributed by atoms with E-state index in [1.165, 1.54) is 29.0 Å². The summed E-state index contributed by atoms with van der Waals surface area (Å²) >= 11 is 3.15. The molecular weight excluding hydrogens is 409 g/mol. The molecule has 7 nitrogen and oxygen atoms in total. The van der Waals surface area contributed by atoms with Crippen LogP contribution in [0.1, 0.15) is 28.5 Å². The monoisotopic (exact) mass is 421 g/mol. The number of benzene rings is 1. The summed E-state index contributed by atoms with van der Waals surface area (Å²) in [7, 11) is 0. The highest BCUT2D eigenvalue weighted by molar-refractivity contribution is 9.10. The average molecular weight is 422 g/mol. The van der Waals surface area contributed by atoms with Gasteiger partial charge in [0.15, 0.2) is 0 Å². The molecule has 9 heteroatoms. The number of rotatable bonds is 5. The summed E-state index contributed by atoms with van der Waals surface area (Å²) in [6, 6.07) is 6.43. The zero-order valence-corrected chi connectivity index (χ0v) is 14.9. The van der Waals surface area contributed by atoms with Gasteiger partial charge in [-0.25, -0.2) is 4.39 Å². The molecule has 0 aliphatic carbocycles. The highest BCUT2D eigenvalue weighted by atomic mass is 79.9. The minimum absolute atomic E-state index is 0.172. The zero-order valence-electron chi connectivity index (χ0n) is 13.3. The van der Waals surface area contributed by atoms with E-state index in [4.69, 9.17) is 0 Å². The highest BCUT2D eigenvalue weighted by Crippen LogP contribution is 2.28. The summed E-state index contributed by atoms with van der Waals surface area (Å²) in [5, 5.41) is 1.97. The topological polar surface area (TPSA) is 88.5 Å². The molecule has 1 aliphatic rings. The van der Waals surface area contributed by atoms with Crippen molar-refractivity contribution in [3.05, 3.63) is 58.1 Å². The van der Waals surface area contributed by atoms with Crippen LogP contribution in [-0.4, -0.2) is 33.6 Å². The Morgan fingerprint density at radius 1 is 1.31 bits per heavy atom. The van der Waals surface area contributed by atoms with Gasteiger partial charge < -0.3 is 4.57 Å². The minimum atomic E-state index is -0.990. The molecule has 0 radical (unpaired) electrons. The number of amides is 4. The number of carbonyl (C=O) groups is 4. The molecule has 0 saturated carbocycles. The summed E-state index contributed by atoms with van der Waals surface area (Å²) in [6.45, 7) is -0.256. The molecule has 1 aliphatic heterocycles. The first-order valence-electron chi connectivity index (χ1n) is 7.62. The Morgan fingerprint density at radius 2 is 2.08 bits per heavy atom. The Hall–Kier alpha value is -2.81. The Labute approximate surface area is 155 Å². The number of nitrogens with zero attached hydrogens (tertiary/aromatic N) is 2. The molecule has 0 spiro atoms. The first kappa shape index (κ1) is 18.0. The lowest BCUT2D eigenvalue weighted by atomic mass is 10.1. The van der Waals surface area contributed by atoms with E-state index in [9.17, 15) is 23.6 Å². The predicted octanol–water partition coefficient (Wildman–Crippen LogP) is 1.78. The highest BCUT2D eigenvalue weighted by Gasteiger charge is 2.39. The lowest BCUT2D eigenvalue weighted by molar-refractivity contribution is -0.137. The second-order valence-corrected chi connectivity index (χ2v) is 6.59. The van der Waals surface area contributed by atoms with Crippen molar-refractivity contribution < 1.29 is 23.6 Å². The van der Waals surface area contributed by atoms with Gasteiger partial charge in [-0.3, -0.25) is 29.4 Å². The molecular formula is C17H13BrFN3O4. The molecule has 3 rings (SSSR count). The van der Waals surface area contributed by atoms with Crippen LogP contribution in [0.25, 0.3) is 0 Å². The smallest absolute Gasteiger partial charge is 0.277 e. The Morgan fingerprint density at radius 3 is 2.77 bits per heavy atom. The first-order chi connectivity index (χ1) is 12.4. The van der Waals surface area contributed by atoms with E-state index in [1.807, 2.05) is 5.32 Å². The van der Waals surface area contributed by atoms with E-state index in [-0.39, 0.29) is 30.6 Å². The van der Waals surface area contributed by atoms with Gasteiger partial charge in [0, 0.05) is 16.2 Å². The van der Waals surface area contributed by atoms with Crippen LogP contribution in [0, 0.1) is 5.82 Å². The fourth-order valence-electron chi connectivity index (χ4n) is 2.84. The number of carbonyl (C=O) groups excluding carboxylic acids is 4. The third-order valence-electron chi connectivity index (χ3n) is 4.07. The van der Waals surface area contributed by atoms with E-state index in [1.54, 1.807) is 12.1 Å². The molecule has 0 unspecified atom stereocenters. The largest absolute Gasteiger partial charge is 0.330 e. The number of hydrogen-bond acceptors (Lipinski definition) is 4. The van der Waals surface area contributed by atoms with Gasteiger partial charge in [-0.05, 0) is 24.3 Å². The van der Waals surface area contributed by atoms with Gasteiger partial charge in [0.1, 0.15) is 17.6 Å². The molecule has 1 atom stereocenters. The van der Waals surface area contributed by atoms with Crippen LogP contribution in [0.2, 0.25) is 0 Å². The van der Waals surface area contributed by atoms with Gasteiger partial charge in [0.05, 0.1) is 13.0 Å². The third-order valence-corrected chi connectivity index (χ3v) is 4.57. The standard InChI is InChI=1S/C17H13BrFN3O4/c18-11-4-3-10(12(19)6-11)8-22-16(25)13-2-1-5-21(13)14(17(22)26)7-15(24)20-9-23/h1-6,9,14H,7-8H2,(H,20,23,24)/t14-/m0/s1. The van der Waals surface area contributed by atoms with E-state index in [2.05, 4.69) is 15.9 Å². The van der Waals surface area contributed by atoms with Crippen molar-refractivity contribution in [1.82, 2.24) is 14.8 Å². The van der Waals surface area contributed by atoms with Crippen LogP contribution >= 0.6 is 15.9 Å². The SMILES string of the molecule is O=CNC(=O)C[C@H]1C(=O)N(Cc2ccc(Br)cc2F)C(=O)c2cccn21. The minimum Gasteiger partial charge on any atom is -0.330 e. The Bertz CT molecular complexity index is 911. The van der Waals surface area contributed by atoms with E-state index in [0.717, 1.165) is 4.90 Å². The number of hydrogen-bond donors (Lipinski definition) is 1. The summed E-state index contributed by atoms with van der Waals surface area (Å²) in [6.07, 6.45) is 1.43. The van der Waals surface area contributed by atoms with Gasteiger partial charge in [0.25, 0.3) is 11.8 Å². The van der Waals surface area contributed by atoms with Crippen LogP contribution in [0.5, 0.6) is 0 Å². The van der Waals surface area contributed by atoms with E-state index >= 15 is 0 Å². The summed E-state index contributed by atoms with van der Waals surface area (Å²) < 4.78 is 16.0. The summed E-state index contributed by atoms with van der Waals surface area (Å²) in [5.74, 6) is -2.42. The van der Waals surface area contributed by atoms with Gasteiger partial charge in [0.2, 0.25) is 12.3 Å². The van der Waals surface area contributed by atoms with Gasteiger partial charge in [-0.1, -0.05) is 22.0 Å². The molecule has 4 amide bonds. The number of aromatic nitrogens is 1. The third kappa shape index (κ3) is 3.30. The van der Waals surface area contributed by atoms with Crippen molar-refractivity contribution in [2.75, 3.05) is 0 Å². The molecule has 1 aromatic heterocycles. The fourth-order valence-corrected chi connectivity index (χ4v) is 3.17. The lowest BCUT2D eigenvalue weighted by Gasteiger charge is -2.32. The zero-order chi connectivity index (χ0) is 18.8. The van der Waals surface area contributed by atoms with Crippen molar-refractivity contribution in [2.45, 2.75) is 19.0 Å². The Balaban J connectivity index is 1.93. The summed E-state index contributed by atoms with van der Waals surface area (Å²) in [5.41, 5.74) is 0.386. The number of imide groups is 2. The van der Waals surface area contributed by atoms with Crippen LogP contribution in [0.3, 0.4) is 0 Å². The summed E-state index contributed by atoms with van der Waals surface area (Å²) in [4.78, 5) is 48.5. The van der Waals surface area contributed by atoms with Crippen LogP contribution < -0.4 is 5.32 Å². The molecule has 0 bridgehead atoms. The average Bonchev–Trinajstić information content (AvgIpc) is 3.07. The lowest BCUT2D eigenvalue weighted by Crippen LogP contribution is -2.48. The van der Waals surface area contributed by atoms with Crippen LogP contribution in [0.15, 0.2) is 41.0 Å². The van der Waals surface area contributed by atoms with Gasteiger partial charge in [-0.15, -0.1) is 0 Å². The van der Waals surface area contributed by atoms with Crippen molar-refractivity contribution in [1.29, 1.82) is 0 Å². The van der Waals surface area contributed by atoms with Crippen molar-refractivity contribution in [2.24, 2.45) is 0 Å². The normalized spacial score (nSPS) is 16.4. The number of halogens is 2. The van der Waals surface area contributed by atoms with Crippen LogP contribution in [0.4, 0.5) is 4.39 Å². The van der Waals surface area contributed by atoms with Crippen molar-refractivity contribution in [3.8, 4) is 0 Å². The van der Waals surface area contributed by atoms with Gasteiger partial charge >= 0.3 is 0 Å². The Kier molecular flexibility index (Phi) is 4.99. The van der Waals surface area contributed by atoms with E-state index < -0.39 is 29.6 Å². The fraction of sp³-hybridized carbons (Fsp3) is 0.176. The van der Waals surface area contributed by atoms with Crippen molar-refractivity contribution >= 4 is 40.1 Å². The molecule has 2 aromatic rings. The maximum atomic E-state index is 14.1. The van der Waals surface area contributed by atoms with E-state index in [0.29, 0.717) is 4.47 Å². The second kappa shape index (κ2) is 7.20. The molecule has 1 N–H and O–H groups in total. The molecule has 1 aromatic carbocycles. The quantitative estimate of drug-likeness (QED) is 0.588. The second-order valence-electron chi connectivity index (χ2n) is 5.67. The molecule has 134 valence electrons. The predicted molar refractivity (Wildman–Crippen MR) is 91.3 cm³/mol. The first-order valence-corrected chi connectivity index (χ1v) is 8.41. The number of fused-ring (bicyclic) bond motifs is 1. The molecule has 0 saturated heterocycles. The number of nitrogens with one attached hydrogen (secondary N) is 1. The van der Waals surface area contributed by atoms with Crippen molar-refractivity contribution in [3.63, 3.8) is 0 Å². The molecule has 0 fully saturated rings. The maximum absolute atomic E-state index is 14.1. The van der Waals surface area contributed by atoms with Crippen LogP contribution in [-0.2, 0) is 20.9 Å². The molecule has 26 heavy (non-hydrogen) atoms. The van der Waals surface area contributed by atoms with Gasteiger partial charge in [-0.2, -0.15) is 0 Å². The molecule has 2 heterocycles. The maximum Gasteiger partial charge on any atom is 0.277 e.